The maximum absolute atomic E-state index is 12.0. The minimum absolute atomic E-state index is 0.0673. The Balaban J connectivity index is 2.96. The third-order valence-electron chi connectivity index (χ3n) is 2.92. The van der Waals surface area contributed by atoms with Crippen molar-refractivity contribution >= 4 is 33.5 Å². The second-order valence-electron chi connectivity index (χ2n) is 4.28. The van der Waals surface area contributed by atoms with E-state index < -0.39 is 28.8 Å². The molecule has 1 aromatic rings. The van der Waals surface area contributed by atoms with Crippen molar-refractivity contribution in [2.45, 2.75) is 19.9 Å². The average molecular weight is 345 g/mol. The van der Waals surface area contributed by atoms with Gasteiger partial charge in [-0.1, -0.05) is 6.07 Å². The number of halogens is 1. The van der Waals surface area contributed by atoms with E-state index in [1.54, 1.807) is 6.92 Å². The first-order chi connectivity index (χ1) is 9.25. The largest absolute Gasteiger partial charge is 0.481 e. The second kappa shape index (κ2) is 6.47. The van der Waals surface area contributed by atoms with Crippen LogP contribution in [0.1, 0.15) is 24.2 Å². The Kier molecular flexibility index (Phi) is 5.20. The molecule has 8 heteroatoms. The quantitative estimate of drug-likeness (QED) is 0.628. The molecule has 0 aliphatic carbocycles. The molecule has 0 aliphatic rings. The highest BCUT2D eigenvalue weighted by Gasteiger charge is 2.24. The Labute approximate surface area is 123 Å². The van der Waals surface area contributed by atoms with E-state index in [4.69, 9.17) is 5.11 Å². The van der Waals surface area contributed by atoms with Crippen molar-refractivity contribution in [3.8, 4) is 0 Å². The van der Waals surface area contributed by atoms with Crippen molar-refractivity contribution < 1.29 is 19.6 Å². The fourth-order valence-electron chi connectivity index (χ4n) is 1.46. The Morgan fingerprint density at radius 3 is 2.50 bits per heavy atom. The van der Waals surface area contributed by atoms with Crippen LogP contribution in [0.2, 0.25) is 0 Å². The van der Waals surface area contributed by atoms with E-state index in [1.807, 2.05) is 0 Å². The van der Waals surface area contributed by atoms with Gasteiger partial charge < -0.3 is 10.4 Å². The van der Waals surface area contributed by atoms with Crippen molar-refractivity contribution in [3.05, 3.63) is 38.3 Å². The number of carboxylic acids is 1. The Morgan fingerprint density at radius 1 is 1.40 bits per heavy atom. The fraction of sp³-hybridized carbons (Fsp3) is 0.333. The van der Waals surface area contributed by atoms with Crippen LogP contribution in [0, 0.1) is 16.0 Å². The molecule has 0 aliphatic heterocycles. The first kappa shape index (κ1) is 16.1. The monoisotopic (exact) mass is 344 g/mol. The van der Waals surface area contributed by atoms with Gasteiger partial charge in [0, 0.05) is 12.1 Å². The van der Waals surface area contributed by atoms with E-state index in [2.05, 4.69) is 21.2 Å². The lowest BCUT2D eigenvalue weighted by Gasteiger charge is -2.18. The number of carbonyl (C=O) groups is 2. The lowest BCUT2D eigenvalue weighted by Crippen LogP contribution is -2.40. The van der Waals surface area contributed by atoms with Gasteiger partial charge in [-0.3, -0.25) is 19.7 Å². The molecule has 7 nitrogen and oxygen atoms in total. The van der Waals surface area contributed by atoms with Crippen LogP contribution in [0.5, 0.6) is 0 Å². The second-order valence-corrected chi connectivity index (χ2v) is 5.08. The third kappa shape index (κ3) is 3.53. The van der Waals surface area contributed by atoms with Crippen LogP contribution in [0.15, 0.2) is 22.7 Å². The average Bonchev–Trinajstić information content (AvgIpc) is 2.37. The van der Waals surface area contributed by atoms with E-state index in [9.17, 15) is 19.7 Å². The molecule has 1 amide bonds. The minimum atomic E-state index is -1.03. The molecule has 0 fully saturated rings. The number of nitrogens with one attached hydrogen (secondary N) is 1. The van der Waals surface area contributed by atoms with Gasteiger partial charge >= 0.3 is 5.97 Å². The zero-order valence-electron chi connectivity index (χ0n) is 10.8. The molecule has 0 aromatic heterocycles. The van der Waals surface area contributed by atoms with Crippen LogP contribution in [0.25, 0.3) is 0 Å². The molecule has 1 aromatic carbocycles. The molecular formula is C12H13BrN2O5. The van der Waals surface area contributed by atoms with E-state index in [0.717, 1.165) is 0 Å². The van der Waals surface area contributed by atoms with Gasteiger partial charge in [0.1, 0.15) is 4.47 Å². The Hall–Kier alpha value is -1.96. The maximum atomic E-state index is 12.0. The summed E-state index contributed by atoms with van der Waals surface area (Å²) < 4.78 is 0.0673. The number of carbonyl (C=O) groups excluding carboxylic acids is 1. The van der Waals surface area contributed by atoms with Crippen LogP contribution in [-0.4, -0.2) is 27.9 Å². The summed E-state index contributed by atoms with van der Waals surface area (Å²) in [5, 5.41) is 22.2. The number of aliphatic carboxylic acids is 1. The minimum Gasteiger partial charge on any atom is -0.481 e. The molecule has 0 spiro atoms. The topological polar surface area (TPSA) is 110 Å². The number of nitrogens with zero attached hydrogens (tertiary/aromatic N) is 1. The maximum Gasteiger partial charge on any atom is 0.308 e. The van der Waals surface area contributed by atoms with Crippen LogP contribution in [0.4, 0.5) is 5.69 Å². The summed E-state index contributed by atoms with van der Waals surface area (Å²) in [5.74, 6) is -2.37. The summed E-state index contributed by atoms with van der Waals surface area (Å²) in [7, 11) is 0. The van der Waals surface area contributed by atoms with Crippen molar-refractivity contribution in [3.63, 3.8) is 0 Å². The summed E-state index contributed by atoms with van der Waals surface area (Å²) in [4.78, 5) is 33.0. The number of rotatable bonds is 5. The summed E-state index contributed by atoms with van der Waals surface area (Å²) in [6, 6.07) is 3.48. The Morgan fingerprint density at radius 2 is 2.00 bits per heavy atom. The molecular weight excluding hydrogens is 332 g/mol. The molecule has 0 bridgehead atoms. The standard InChI is InChI=1S/C12H13BrN2O5/c1-6(12(17)18)7(2)14-11(16)8-4-3-5-9(10(8)13)15(19)20/h3-7H,1-2H3,(H,14,16)(H,17,18). The van der Waals surface area contributed by atoms with Crippen LogP contribution < -0.4 is 5.32 Å². The van der Waals surface area contributed by atoms with Crippen molar-refractivity contribution in [2.24, 2.45) is 5.92 Å². The number of amides is 1. The molecule has 0 saturated heterocycles. The van der Waals surface area contributed by atoms with Gasteiger partial charge in [0.2, 0.25) is 0 Å². The van der Waals surface area contributed by atoms with Gasteiger partial charge in [-0.05, 0) is 35.8 Å². The lowest BCUT2D eigenvalue weighted by atomic mass is 10.0. The molecule has 20 heavy (non-hydrogen) atoms. The van der Waals surface area contributed by atoms with Crippen molar-refractivity contribution in [2.75, 3.05) is 0 Å². The molecule has 2 N–H and O–H groups in total. The third-order valence-corrected chi connectivity index (χ3v) is 3.75. The molecule has 0 saturated carbocycles. The van der Waals surface area contributed by atoms with E-state index in [-0.39, 0.29) is 15.7 Å². The number of nitro benzene ring substituents is 1. The predicted octanol–water partition coefficient (Wildman–Crippen LogP) is 2.20. The first-order valence-corrected chi connectivity index (χ1v) is 6.51. The summed E-state index contributed by atoms with van der Waals surface area (Å²) >= 11 is 3.02. The van der Waals surface area contributed by atoms with Crippen molar-refractivity contribution in [1.82, 2.24) is 5.32 Å². The zero-order chi connectivity index (χ0) is 15.4. The zero-order valence-corrected chi connectivity index (χ0v) is 12.4. The van der Waals surface area contributed by atoms with Gasteiger partial charge in [-0.25, -0.2) is 0 Å². The number of hydrogen-bond donors (Lipinski definition) is 2. The molecule has 0 radical (unpaired) electrons. The highest BCUT2D eigenvalue weighted by atomic mass is 79.9. The van der Waals surface area contributed by atoms with Crippen LogP contribution in [-0.2, 0) is 4.79 Å². The first-order valence-electron chi connectivity index (χ1n) is 5.72. The molecule has 2 unspecified atom stereocenters. The van der Waals surface area contributed by atoms with E-state index in [1.165, 1.54) is 25.1 Å². The smallest absolute Gasteiger partial charge is 0.308 e. The normalized spacial score (nSPS) is 13.3. The van der Waals surface area contributed by atoms with Crippen molar-refractivity contribution in [1.29, 1.82) is 0 Å². The predicted molar refractivity (Wildman–Crippen MR) is 74.5 cm³/mol. The highest BCUT2D eigenvalue weighted by Crippen LogP contribution is 2.28. The molecule has 0 heterocycles. The molecule has 108 valence electrons. The summed E-state index contributed by atoms with van der Waals surface area (Å²) in [5.41, 5.74) is -0.139. The lowest BCUT2D eigenvalue weighted by molar-refractivity contribution is -0.385. The highest BCUT2D eigenvalue weighted by molar-refractivity contribution is 9.10. The fourth-order valence-corrected chi connectivity index (χ4v) is 2.05. The van der Waals surface area contributed by atoms with Gasteiger partial charge in [0.25, 0.3) is 11.6 Å². The SMILES string of the molecule is CC(NC(=O)c1cccc([N+](=O)[O-])c1Br)C(C)C(=O)O. The molecule has 1 rings (SSSR count). The number of carboxylic acid groups (broad SMARTS) is 1. The van der Waals surface area contributed by atoms with E-state index >= 15 is 0 Å². The number of hydrogen-bond acceptors (Lipinski definition) is 4. The van der Waals surface area contributed by atoms with E-state index in [0.29, 0.717) is 0 Å². The van der Waals surface area contributed by atoms with Gasteiger partial charge in [-0.15, -0.1) is 0 Å². The van der Waals surface area contributed by atoms with Crippen LogP contribution >= 0.6 is 15.9 Å². The van der Waals surface area contributed by atoms with Gasteiger partial charge in [-0.2, -0.15) is 0 Å². The number of nitro groups is 1. The number of benzene rings is 1. The van der Waals surface area contributed by atoms with Gasteiger partial charge in [0.15, 0.2) is 0 Å². The van der Waals surface area contributed by atoms with Gasteiger partial charge in [0.05, 0.1) is 16.4 Å². The van der Waals surface area contributed by atoms with Crippen LogP contribution in [0.3, 0.4) is 0 Å². The molecule has 2 atom stereocenters. The summed E-state index contributed by atoms with van der Waals surface area (Å²) in [6.07, 6.45) is 0. The summed E-state index contributed by atoms with van der Waals surface area (Å²) in [6.45, 7) is 3.03. The Bertz CT molecular complexity index is 561.